The van der Waals surface area contributed by atoms with E-state index in [0.717, 1.165) is 5.75 Å². The van der Waals surface area contributed by atoms with Gasteiger partial charge in [-0.1, -0.05) is 133 Å². The van der Waals surface area contributed by atoms with Crippen LogP contribution in [0.1, 0.15) is 0 Å². The summed E-state index contributed by atoms with van der Waals surface area (Å²) in [5.41, 5.74) is 2.43. The Morgan fingerprint density at radius 3 is 1.42 bits per heavy atom. The fourth-order valence-electron chi connectivity index (χ4n) is 6.49. The monoisotopic (exact) mass is 568 g/mol. The standard InChI is InChI=1S/C41H29OP/c1-42-30-24-38-34-18-10-8-12-28(34)20-22-36(38)39(25-30)41-27-33(26-40-35-19-11-9-13-29(35)21-23-37(40)41)43(31-14-4-2-5-15-31)32-16-6-3-7-17-32/h2-27H,1H3. The summed E-state index contributed by atoms with van der Waals surface area (Å²) in [6, 6.07) is 57.7. The second-order valence-electron chi connectivity index (χ2n) is 10.9. The van der Waals surface area contributed by atoms with Crippen molar-refractivity contribution in [1.29, 1.82) is 0 Å². The third-order valence-electron chi connectivity index (χ3n) is 8.49. The van der Waals surface area contributed by atoms with Crippen molar-refractivity contribution < 1.29 is 4.74 Å². The van der Waals surface area contributed by atoms with Crippen LogP contribution in [-0.2, 0) is 0 Å². The van der Waals surface area contributed by atoms with Crippen molar-refractivity contribution in [3.63, 3.8) is 0 Å². The molecule has 0 bridgehead atoms. The maximum absolute atomic E-state index is 5.94. The van der Waals surface area contributed by atoms with Crippen LogP contribution in [-0.4, -0.2) is 7.11 Å². The fourth-order valence-corrected chi connectivity index (χ4v) is 8.84. The van der Waals surface area contributed by atoms with Crippen LogP contribution in [0.15, 0.2) is 158 Å². The minimum absolute atomic E-state index is 0.795. The van der Waals surface area contributed by atoms with Gasteiger partial charge in [0.15, 0.2) is 0 Å². The Labute approximate surface area is 252 Å². The molecule has 0 aromatic heterocycles. The number of rotatable bonds is 5. The molecule has 0 radical (unpaired) electrons. The maximum atomic E-state index is 5.94. The van der Waals surface area contributed by atoms with Crippen molar-refractivity contribution in [2.75, 3.05) is 7.11 Å². The van der Waals surface area contributed by atoms with Crippen molar-refractivity contribution in [3.8, 4) is 16.9 Å². The van der Waals surface area contributed by atoms with Gasteiger partial charge in [-0.15, -0.1) is 0 Å². The molecule has 1 nitrogen and oxygen atoms in total. The molecule has 0 aliphatic carbocycles. The topological polar surface area (TPSA) is 9.23 Å². The van der Waals surface area contributed by atoms with Gasteiger partial charge in [0.05, 0.1) is 7.11 Å². The highest BCUT2D eigenvalue weighted by Gasteiger charge is 2.21. The smallest absolute Gasteiger partial charge is 0.120 e. The molecule has 0 N–H and O–H groups in total. The second kappa shape index (κ2) is 10.7. The molecular weight excluding hydrogens is 539 g/mol. The molecule has 0 heterocycles. The van der Waals surface area contributed by atoms with E-state index in [4.69, 9.17) is 4.74 Å². The first kappa shape index (κ1) is 25.7. The van der Waals surface area contributed by atoms with Crippen LogP contribution in [0, 0.1) is 0 Å². The van der Waals surface area contributed by atoms with E-state index >= 15 is 0 Å². The molecule has 0 saturated heterocycles. The van der Waals surface area contributed by atoms with E-state index in [0.29, 0.717) is 0 Å². The molecule has 2 heteroatoms. The van der Waals surface area contributed by atoms with Crippen LogP contribution in [0.25, 0.3) is 54.2 Å². The Hall–Kier alpha value is -4.97. The Morgan fingerprint density at radius 2 is 0.860 bits per heavy atom. The van der Waals surface area contributed by atoms with E-state index in [1.54, 1.807) is 7.11 Å². The lowest BCUT2D eigenvalue weighted by atomic mass is 9.90. The molecule has 0 spiro atoms. The summed E-state index contributed by atoms with van der Waals surface area (Å²) in [5.74, 6) is 0.867. The van der Waals surface area contributed by atoms with Gasteiger partial charge in [-0.3, -0.25) is 0 Å². The van der Waals surface area contributed by atoms with E-state index in [9.17, 15) is 0 Å². The normalized spacial score (nSPS) is 11.6. The largest absolute Gasteiger partial charge is 0.497 e. The van der Waals surface area contributed by atoms with Crippen LogP contribution >= 0.6 is 7.92 Å². The van der Waals surface area contributed by atoms with Gasteiger partial charge in [0.25, 0.3) is 0 Å². The van der Waals surface area contributed by atoms with E-state index in [1.807, 2.05) is 0 Å². The van der Waals surface area contributed by atoms with Crippen LogP contribution in [0.3, 0.4) is 0 Å². The minimum atomic E-state index is -0.795. The summed E-state index contributed by atoms with van der Waals surface area (Å²) >= 11 is 0. The molecule has 0 aliphatic heterocycles. The van der Waals surface area contributed by atoms with Crippen molar-refractivity contribution in [3.05, 3.63) is 158 Å². The molecule has 43 heavy (non-hydrogen) atoms. The molecule has 0 aliphatic rings. The lowest BCUT2D eigenvalue weighted by Crippen LogP contribution is -2.20. The first-order valence-corrected chi connectivity index (χ1v) is 16.0. The maximum Gasteiger partial charge on any atom is 0.120 e. The first-order valence-electron chi connectivity index (χ1n) is 14.6. The summed E-state index contributed by atoms with van der Waals surface area (Å²) in [6.45, 7) is 0. The summed E-state index contributed by atoms with van der Waals surface area (Å²) in [5, 5.41) is 14.0. The molecule has 0 fully saturated rings. The second-order valence-corrected chi connectivity index (χ2v) is 13.2. The average Bonchev–Trinajstić information content (AvgIpc) is 3.08. The van der Waals surface area contributed by atoms with E-state index in [2.05, 4.69) is 158 Å². The van der Waals surface area contributed by atoms with Crippen LogP contribution in [0.4, 0.5) is 0 Å². The van der Waals surface area contributed by atoms with Gasteiger partial charge in [0, 0.05) is 0 Å². The van der Waals surface area contributed by atoms with Crippen LogP contribution in [0.5, 0.6) is 5.75 Å². The summed E-state index contributed by atoms with van der Waals surface area (Å²) in [4.78, 5) is 0. The van der Waals surface area contributed by atoms with Crippen molar-refractivity contribution in [2.24, 2.45) is 0 Å². The molecule has 204 valence electrons. The average molecular weight is 569 g/mol. The number of fused-ring (bicyclic) bond motifs is 6. The predicted octanol–water partition coefficient (Wildman–Crippen LogP) is 9.73. The highest BCUT2D eigenvalue weighted by molar-refractivity contribution is 7.79. The van der Waals surface area contributed by atoms with E-state index in [-0.39, 0.29) is 0 Å². The third-order valence-corrected chi connectivity index (χ3v) is 10.9. The van der Waals surface area contributed by atoms with Gasteiger partial charge in [-0.2, -0.15) is 0 Å². The molecule has 0 unspecified atom stereocenters. The Balaban J connectivity index is 1.51. The lowest BCUT2D eigenvalue weighted by molar-refractivity contribution is 0.415. The zero-order valence-corrected chi connectivity index (χ0v) is 24.8. The summed E-state index contributed by atoms with van der Waals surface area (Å²) < 4.78 is 5.94. The zero-order chi connectivity index (χ0) is 28.8. The Bertz CT molecular complexity index is 2230. The number of hydrogen-bond acceptors (Lipinski definition) is 1. The predicted molar refractivity (Wildman–Crippen MR) is 187 cm³/mol. The molecule has 0 saturated carbocycles. The Morgan fingerprint density at radius 1 is 0.372 bits per heavy atom. The molecule has 0 atom stereocenters. The van der Waals surface area contributed by atoms with Gasteiger partial charge >= 0.3 is 0 Å². The molecular formula is C41H29OP. The highest BCUT2D eigenvalue weighted by atomic mass is 31.1. The summed E-state index contributed by atoms with van der Waals surface area (Å²) in [6.07, 6.45) is 0. The van der Waals surface area contributed by atoms with Crippen LogP contribution < -0.4 is 20.7 Å². The molecule has 8 rings (SSSR count). The molecule has 0 amide bonds. The lowest BCUT2D eigenvalue weighted by Gasteiger charge is -2.22. The van der Waals surface area contributed by atoms with Crippen molar-refractivity contribution >= 4 is 66.9 Å². The van der Waals surface area contributed by atoms with Gasteiger partial charge in [0.1, 0.15) is 5.75 Å². The Kier molecular flexibility index (Phi) is 6.40. The van der Waals surface area contributed by atoms with Gasteiger partial charge in [-0.05, 0) is 102 Å². The quantitative estimate of drug-likeness (QED) is 0.148. The van der Waals surface area contributed by atoms with Gasteiger partial charge in [-0.25, -0.2) is 0 Å². The highest BCUT2D eigenvalue weighted by Crippen LogP contribution is 2.43. The third kappa shape index (κ3) is 4.45. The number of methoxy groups -OCH3 is 1. The summed E-state index contributed by atoms with van der Waals surface area (Å²) in [7, 11) is 0.971. The molecule has 8 aromatic carbocycles. The van der Waals surface area contributed by atoms with E-state index in [1.165, 1.54) is 70.1 Å². The van der Waals surface area contributed by atoms with Crippen LogP contribution in [0.2, 0.25) is 0 Å². The zero-order valence-electron chi connectivity index (χ0n) is 23.9. The van der Waals surface area contributed by atoms with Crippen molar-refractivity contribution in [2.45, 2.75) is 0 Å². The first-order chi connectivity index (χ1) is 21.3. The SMILES string of the molecule is COc1cc(-c2cc(P(c3ccccc3)c3ccccc3)cc3c2ccc2ccccc23)c2ccc3ccccc3c2c1. The van der Waals surface area contributed by atoms with Gasteiger partial charge in [0.2, 0.25) is 0 Å². The minimum Gasteiger partial charge on any atom is -0.497 e. The van der Waals surface area contributed by atoms with E-state index < -0.39 is 7.92 Å². The number of hydrogen-bond donors (Lipinski definition) is 0. The van der Waals surface area contributed by atoms with Crippen molar-refractivity contribution in [1.82, 2.24) is 0 Å². The fraction of sp³-hybridized carbons (Fsp3) is 0.0244. The molecule has 8 aromatic rings. The number of ether oxygens (including phenoxy) is 1. The van der Waals surface area contributed by atoms with Gasteiger partial charge < -0.3 is 4.74 Å². The number of benzene rings is 8.